The molecule has 0 radical (unpaired) electrons. The largest absolute Gasteiger partial charge is 0.343 e. The van der Waals surface area contributed by atoms with Crippen molar-refractivity contribution in [2.45, 2.75) is 34.1 Å². The van der Waals surface area contributed by atoms with Crippen molar-refractivity contribution in [2.24, 2.45) is 5.92 Å². The Hall–Kier alpha value is -1.55. The molecule has 1 heterocycles. The quantitative estimate of drug-likeness (QED) is 0.854. The molecular weight excluding hydrogens is 300 g/mol. The van der Waals surface area contributed by atoms with Gasteiger partial charge in [-0.1, -0.05) is 17.7 Å². The van der Waals surface area contributed by atoms with E-state index in [0.717, 1.165) is 16.8 Å². The SMILES string of the molecule is CCN(CC)C(=O)C1CC(=O)N(c2c(C)cc(C)cc2Cl)C1. The summed E-state index contributed by atoms with van der Waals surface area (Å²) in [4.78, 5) is 28.3. The Bertz CT molecular complexity index is 573. The summed E-state index contributed by atoms with van der Waals surface area (Å²) in [6.45, 7) is 9.59. The first-order valence-corrected chi connectivity index (χ1v) is 8.12. The Kier molecular flexibility index (Phi) is 5.12. The van der Waals surface area contributed by atoms with Crippen molar-refractivity contribution in [3.63, 3.8) is 0 Å². The predicted octanol–water partition coefficient (Wildman–Crippen LogP) is 3.18. The molecule has 0 aliphatic carbocycles. The number of anilines is 1. The predicted molar refractivity (Wildman–Crippen MR) is 89.3 cm³/mol. The molecule has 120 valence electrons. The van der Waals surface area contributed by atoms with Crippen LogP contribution >= 0.6 is 11.6 Å². The molecular formula is C17H23ClN2O2. The van der Waals surface area contributed by atoms with Crippen molar-refractivity contribution in [3.8, 4) is 0 Å². The smallest absolute Gasteiger partial charge is 0.227 e. The molecule has 1 aromatic rings. The number of benzene rings is 1. The van der Waals surface area contributed by atoms with Gasteiger partial charge < -0.3 is 9.80 Å². The lowest BCUT2D eigenvalue weighted by molar-refractivity contribution is -0.135. The van der Waals surface area contributed by atoms with Gasteiger partial charge >= 0.3 is 0 Å². The zero-order chi connectivity index (χ0) is 16.4. The van der Waals surface area contributed by atoms with E-state index in [1.54, 1.807) is 9.80 Å². The lowest BCUT2D eigenvalue weighted by Crippen LogP contribution is -2.37. The second kappa shape index (κ2) is 6.69. The second-order valence-corrected chi connectivity index (χ2v) is 6.24. The number of hydrogen-bond donors (Lipinski definition) is 0. The number of carbonyl (C=O) groups is 2. The number of carbonyl (C=O) groups excluding carboxylic acids is 2. The first-order valence-electron chi connectivity index (χ1n) is 7.74. The molecule has 0 spiro atoms. The summed E-state index contributed by atoms with van der Waals surface area (Å²) < 4.78 is 0. The van der Waals surface area contributed by atoms with Gasteiger partial charge in [0.05, 0.1) is 16.6 Å². The van der Waals surface area contributed by atoms with Crippen LogP contribution in [0.15, 0.2) is 12.1 Å². The van der Waals surface area contributed by atoms with Crippen LogP contribution in [0.2, 0.25) is 5.02 Å². The summed E-state index contributed by atoms with van der Waals surface area (Å²) in [6, 6.07) is 3.87. The lowest BCUT2D eigenvalue weighted by atomic mass is 10.1. The van der Waals surface area contributed by atoms with E-state index in [9.17, 15) is 9.59 Å². The van der Waals surface area contributed by atoms with E-state index in [2.05, 4.69) is 0 Å². The van der Waals surface area contributed by atoms with Crippen LogP contribution in [-0.4, -0.2) is 36.3 Å². The van der Waals surface area contributed by atoms with E-state index in [0.29, 0.717) is 24.7 Å². The van der Waals surface area contributed by atoms with Crippen LogP contribution in [0, 0.1) is 19.8 Å². The third kappa shape index (κ3) is 3.12. The van der Waals surface area contributed by atoms with Crippen molar-refractivity contribution in [2.75, 3.05) is 24.5 Å². The van der Waals surface area contributed by atoms with Crippen LogP contribution in [0.1, 0.15) is 31.4 Å². The maximum absolute atomic E-state index is 12.5. The van der Waals surface area contributed by atoms with E-state index >= 15 is 0 Å². The molecule has 1 fully saturated rings. The summed E-state index contributed by atoms with van der Waals surface area (Å²) in [7, 11) is 0. The first-order chi connectivity index (χ1) is 10.4. The molecule has 0 saturated carbocycles. The normalized spacial score (nSPS) is 18.0. The zero-order valence-electron chi connectivity index (χ0n) is 13.6. The van der Waals surface area contributed by atoms with Gasteiger partial charge in [0.15, 0.2) is 0 Å². The summed E-state index contributed by atoms with van der Waals surface area (Å²) >= 11 is 6.34. The van der Waals surface area contributed by atoms with Gasteiger partial charge in [0.2, 0.25) is 11.8 Å². The van der Waals surface area contributed by atoms with Gasteiger partial charge in [0.1, 0.15) is 0 Å². The third-order valence-electron chi connectivity index (χ3n) is 4.22. The molecule has 0 N–H and O–H groups in total. The maximum Gasteiger partial charge on any atom is 0.227 e. The van der Waals surface area contributed by atoms with E-state index in [1.807, 2.05) is 39.8 Å². The number of hydrogen-bond acceptors (Lipinski definition) is 2. The van der Waals surface area contributed by atoms with Crippen LogP contribution < -0.4 is 4.90 Å². The number of aryl methyl sites for hydroxylation is 2. The van der Waals surface area contributed by atoms with Crippen molar-refractivity contribution in [1.29, 1.82) is 0 Å². The zero-order valence-corrected chi connectivity index (χ0v) is 14.4. The van der Waals surface area contributed by atoms with Gasteiger partial charge in [-0.25, -0.2) is 0 Å². The van der Waals surface area contributed by atoms with Crippen LogP contribution in [0.3, 0.4) is 0 Å². The highest BCUT2D eigenvalue weighted by Crippen LogP contribution is 2.35. The Morgan fingerprint density at radius 2 is 1.95 bits per heavy atom. The molecule has 5 heteroatoms. The molecule has 1 atom stereocenters. The van der Waals surface area contributed by atoms with Gasteiger partial charge in [0.25, 0.3) is 0 Å². The Labute approximate surface area is 137 Å². The third-order valence-corrected chi connectivity index (χ3v) is 4.51. The number of rotatable bonds is 4. The fraction of sp³-hybridized carbons (Fsp3) is 0.529. The van der Waals surface area contributed by atoms with Crippen LogP contribution in [0.4, 0.5) is 5.69 Å². The van der Waals surface area contributed by atoms with Gasteiger partial charge in [-0.05, 0) is 44.9 Å². The monoisotopic (exact) mass is 322 g/mol. The van der Waals surface area contributed by atoms with Gasteiger partial charge in [0, 0.05) is 26.1 Å². The minimum Gasteiger partial charge on any atom is -0.343 e. The first kappa shape index (κ1) is 16.8. The number of amides is 2. The Morgan fingerprint density at radius 3 is 2.50 bits per heavy atom. The molecule has 2 amide bonds. The fourth-order valence-corrected chi connectivity index (χ4v) is 3.56. The molecule has 4 nitrogen and oxygen atoms in total. The fourth-order valence-electron chi connectivity index (χ4n) is 3.13. The van der Waals surface area contributed by atoms with Crippen molar-refractivity contribution >= 4 is 29.1 Å². The maximum atomic E-state index is 12.5. The highest BCUT2D eigenvalue weighted by Gasteiger charge is 2.37. The summed E-state index contributed by atoms with van der Waals surface area (Å²) in [6.07, 6.45) is 0.263. The number of nitrogens with zero attached hydrogens (tertiary/aromatic N) is 2. The average Bonchev–Trinajstić information content (AvgIpc) is 2.81. The molecule has 1 aliphatic rings. The molecule has 1 aromatic carbocycles. The molecule has 0 aromatic heterocycles. The van der Waals surface area contributed by atoms with E-state index in [1.165, 1.54) is 0 Å². The van der Waals surface area contributed by atoms with Crippen LogP contribution in [-0.2, 0) is 9.59 Å². The summed E-state index contributed by atoms with van der Waals surface area (Å²) in [5, 5.41) is 0.571. The van der Waals surface area contributed by atoms with E-state index in [4.69, 9.17) is 11.6 Å². The second-order valence-electron chi connectivity index (χ2n) is 5.83. The summed E-state index contributed by atoms with van der Waals surface area (Å²) in [5.41, 5.74) is 2.77. The number of halogens is 1. The minimum atomic E-state index is -0.274. The highest BCUT2D eigenvalue weighted by atomic mass is 35.5. The van der Waals surface area contributed by atoms with Crippen LogP contribution in [0.25, 0.3) is 0 Å². The molecule has 1 aliphatic heterocycles. The van der Waals surface area contributed by atoms with E-state index < -0.39 is 0 Å². The highest BCUT2D eigenvalue weighted by molar-refractivity contribution is 6.34. The molecule has 1 unspecified atom stereocenters. The lowest BCUT2D eigenvalue weighted by Gasteiger charge is -2.24. The Morgan fingerprint density at radius 1 is 1.32 bits per heavy atom. The van der Waals surface area contributed by atoms with Crippen molar-refractivity contribution < 1.29 is 9.59 Å². The van der Waals surface area contributed by atoms with E-state index in [-0.39, 0.29) is 24.2 Å². The standard InChI is InChI=1S/C17H23ClN2O2/c1-5-19(6-2)17(22)13-9-15(21)20(10-13)16-12(4)7-11(3)8-14(16)18/h7-8,13H,5-6,9-10H2,1-4H3. The molecule has 22 heavy (non-hydrogen) atoms. The van der Waals surface area contributed by atoms with Gasteiger partial charge in [-0.15, -0.1) is 0 Å². The summed E-state index contributed by atoms with van der Waals surface area (Å²) in [5.74, 6) is -0.245. The van der Waals surface area contributed by atoms with Crippen molar-refractivity contribution in [1.82, 2.24) is 4.90 Å². The minimum absolute atomic E-state index is 0.0284. The Balaban J connectivity index is 2.26. The molecule has 1 saturated heterocycles. The molecule has 2 rings (SSSR count). The average molecular weight is 323 g/mol. The van der Waals surface area contributed by atoms with Gasteiger partial charge in [-0.2, -0.15) is 0 Å². The van der Waals surface area contributed by atoms with Gasteiger partial charge in [-0.3, -0.25) is 9.59 Å². The van der Waals surface area contributed by atoms with Crippen molar-refractivity contribution in [3.05, 3.63) is 28.3 Å². The van der Waals surface area contributed by atoms with Crippen LogP contribution in [0.5, 0.6) is 0 Å². The topological polar surface area (TPSA) is 40.6 Å². The molecule has 0 bridgehead atoms.